The lowest BCUT2D eigenvalue weighted by Crippen LogP contribution is -2.24. The average Bonchev–Trinajstić information content (AvgIpc) is 3.52. The number of thioether (sulfide) groups is 1. The van der Waals surface area contributed by atoms with Crippen molar-refractivity contribution >= 4 is 39.4 Å². The lowest BCUT2D eigenvalue weighted by molar-refractivity contribution is 0.0951. The quantitative estimate of drug-likeness (QED) is 0.277. The number of carbonyl (C=O) groups excluding carboxylic acids is 1. The molecule has 0 saturated carbocycles. The van der Waals surface area contributed by atoms with Crippen LogP contribution in [0.1, 0.15) is 46.9 Å². The molecule has 1 amide bonds. The van der Waals surface area contributed by atoms with Gasteiger partial charge in [0.15, 0.2) is 16.8 Å². The minimum atomic E-state index is -0.980. The van der Waals surface area contributed by atoms with E-state index >= 15 is 4.39 Å². The average molecular weight is 537 g/mol. The molecule has 5 nitrogen and oxygen atoms in total. The third-order valence-corrected chi connectivity index (χ3v) is 7.31. The Hall–Kier alpha value is -3.72. The number of fused-ring (bicyclic) bond motifs is 1. The summed E-state index contributed by atoms with van der Waals surface area (Å²) < 4.78 is 44.5. The van der Waals surface area contributed by atoms with Gasteiger partial charge in [-0.05, 0) is 41.3 Å². The van der Waals surface area contributed by atoms with E-state index in [0.717, 1.165) is 29.1 Å². The number of aromatic nitrogens is 1. The van der Waals surface area contributed by atoms with Crippen molar-refractivity contribution in [2.45, 2.75) is 32.9 Å². The maximum absolute atomic E-state index is 15.4. The van der Waals surface area contributed by atoms with Crippen molar-refractivity contribution in [3.63, 3.8) is 0 Å². The van der Waals surface area contributed by atoms with E-state index in [1.54, 1.807) is 6.07 Å². The zero-order valence-corrected chi connectivity index (χ0v) is 21.8. The van der Waals surface area contributed by atoms with E-state index in [1.165, 1.54) is 23.9 Å². The molecule has 0 aliphatic carbocycles. The molecule has 0 spiro atoms. The third kappa shape index (κ3) is 5.29. The Balaban J connectivity index is 1.60. The highest BCUT2D eigenvalue weighted by Crippen LogP contribution is 2.35. The molecule has 38 heavy (non-hydrogen) atoms. The molecule has 0 fully saturated rings. The van der Waals surface area contributed by atoms with Crippen LogP contribution in [0.2, 0.25) is 0 Å². The van der Waals surface area contributed by atoms with Gasteiger partial charge in [0.25, 0.3) is 5.91 Å². The van der Waals surface area contributed by atoms with Gasteiger partial charge in [0.05, 0.1) is 23.3 Å². The van der Waals surface area contributed by atoms with Gasteiger partial charge in [0, 0.05) is 29.9 Å². The number of hydrogen-bond acceptors (Lipinski definition) is 4. The van der Waals surface area contributed by atoms with Gasteiger partial charge in [0.2, 0.25) is 0 Å². The van der Waals surface area contributed by atoms with Crippen LogP contribution in [0, 0.1) is 17.5 Å². The molecule has 0 bridgehead atoms. The minimum absolute atomic E-state index is 0.00189. The summed E-state index contributed by atoms with van der Waals surface area (Å²) in [5.41, 5.74) is 3.59. The lowest BCUT2D eigenvalue weighted by atomic mass is 10.0. The number of carbonyl (C=O) groups is 1. The van der Waals surface area contributed by atoms with Gasteiger partial charge < -0.3 is 15.2 Å². The first-order chi connectivity index (χ1) is 18.3. The number of halogens is 3. The number of nitrogens with one attached hydrogen (secondary N) is 2. The summed E-state index contributed by atoms with van der Waals surface area (Å²) in [5.74, 6) is -2.06. The number of aliphatic imine (C=N–C) groups is 1. The molecule has 1 aliphatic heterocycles. The van der Waals surface area contributed by atoms with E-state index in [0.29, 0.717) is 46.0 Å². The highest BCUT2D eigenvalue weighted by molar-refractivity contribution is 8.14. The van der Waals surface area contributed by atoms with E-state index in [4.69, 9.17) is 0 Å². The summed E-state index contributed by atoms with van der Waals surface area (Å²) in [6, 6.07) is 16.5. The summed E-state index contributed by atoms with van der Waals surface area (Å²) in [6.07, 6.45) is 0. The first kappa shape index (κ1) is 25.9. The van der Waals surface area contributed by atoms with Crippen LogP contribution in [0.25, 0.3) is 10.9 Å². The van der Waals surface area contributed by atoms with Crippen molar-refractivity contribution in [2.75, 3.05) is 17.6 Å². The van der Waals surface area contributed by atoms with Crippen molar-refractivity contribution in [3.8, 4) is 0 Å². The van der Waals surface area contributed by atoms with Gasteiger partial charge in [-0.3, -0.25) is 9.79 Å². The molecule has 4 aromatic rings. The van der Waals surface area contributed by atoms with Crippen LogP contribution in [0.4, 0.5) is 18.9 Å². The standard InChI is InChI=1S/C29H27F3N4OS/c1-17(2)27-26(28(37)34-15-19-8-9-21(30)22(31)12-19)20-13-23(32)24(35-29-33-10-11-38-29)14-25(20)36(27)16-18-6-4-3-5-7-18/h3-9,12-14,17H,10-11,15-16H2,1-2H3,(H,33,35)(H,34,37). The monoisotopic (exact) mass is 536 g/mol. The van der Waals surface area contributed by atoms with Crippen LogP contribution in [-0.4, -0.2) is 27.9 Å². The largest absolute Gasteiger partial charge is 0.348 e. The molecule has 3 aromatic carbocycles. The van der Waals surface area contributed by atoms with E-state index in [9.17, 15) is 13.6 Å². The zero-order valence-electron chi connectivity index (χ0n) is 21.0. The summed E-state index contributed by atoms with van der Waals surface area (Å²) in [5, 5.41) is 7.06. The molecule has 0 unspecified atom stereocenters. The summed E-state index contributed by atoms with van der Waals surface area (Å²) in [6.45, 7) is 5.14. The maximum Gasteiger partial charge on any atom is 0.254 e. The van der Waals surface area contributed by atoms with Crippen LogP contribution < -0.4 is 10.6 Å². The second-order valence-corrected chi connectivity index (χ2v) is 10.5. The summed E-state index contributed by atoms with van der Waals surface area (Å²) >= 11 is 1.53. The minimum Gasteiger partial charge on any atom is -0.348 e. The maximum atomic E-state index is 15.4. The molecule has 196 valence electrons. The van der Waals surface area contributed by atoms with Gasteiger partial charge in [-0.25, -0.2) is 13.2 Å². The Morgan fingerprint density at radius 1 is 1.00 bits per heavy atom. The zero-order chi connectivity index (χ0) is 26.8. The SMILES string of the molecule is CC(C)c1c(C(=O)NCc2ccc(F)c(F)c2)c2cc(F)c(NC3=NCCS3)cc2n1Cc1ccccc1. The Bertz CT molecular complexity index is 1530. The van der Waals surface area contributed by atoms with Crippen LogP contribution in [0.5, 0.6) is 0 Å². The van der Waals surface area contributed by atoms with Gasteiger partial charge in [-0.15, -0.1) is 0 Å². The molecule has 1 aliphatic rings. The third-order valence-electron chi connectivity index (χ3n) is 6.41. The van der Waals surface area contributed by atoms with E-state index in [-0.39, 0.29) is 12.5 Å². The Morgan fingerprint density at radius 2 is 1.79 bits per heavy atom. The fourth-order valence-corrected chi connectivity index (χ4v) is 5.45. The lowest BCUT2D eigenvalue weighted by Gasteiger charge is -2.16. The molecule has 0 atom stereocenters. The molecular weight excluding hydrogens is 509 g/mol. The number of nitrogens with zero attached hydrogens (tertiary/aromatic N) is 2. The van der Waals surface area contributed by atoms with Crippen molar-refractivity contribution in [1.82, 2.24) is 9.88 Å². The predicted molar refractivity (Wildman–Crippen MR) is 147 cm³/mol. The normalized spacial score (nSPS) is 13.3. The second-order valence-electron chi connectivity index (χ2n) is 9.43. The van der Waals surface area contributed by atoms with Crippen molar-refractivity contribution in [1.29, 1.82) is 0 Å². The van der Waals surface area contributed by atoms with E-state index in [2.05, 4.69) is 20.2 Å². The molecule has 0 saturated heterocycles. The Labute approximate surface area is 223 Å². The number of hydrogen-bond donors (Lipinski definition) is 2. The van der Waals surface area contributed by atoms with E-state index in [1.807, 2.05) is 44.2 Å². The topological polar surface area (TPSA) is 58.4 Å². The van der Waals surface area contributed by atoms with E-state index < -0.39 is 23.4 Å². The van der Waals surface area contributed by atoms with Gasteiger partial charge in [-0.1, -0.05) is 62.0 Å². The fourth-order valence-electron chi connectivity index (χ4n) is 4.71. The number of rotatable bonds is 7. The highest BCUT2D eigenvalue weighted by atomic mass is 32.2. The van der Waals surface area contributed by atoms with Gasteiger partial charge in [-0.2, -0.15) is 0 Å². The highest BCUT2D eigenvalue weighted by Gasteiger charge is 2.26. The number of amidine groups is 1. The molecule has 0 radical (unpaired) electrons. The molecule has 5 rings (SSSR count). The first-order valence-electron chi connectivity index (χ1n) is 12.4. The molecule has 2 N–H and O–H groups in total. The van der Waals surface area contributed by atoms with Gasteiger partial charge in [0.1, 0.15) is 5.82 Å². The number of anilines is 1. The van der Waals surface area contributed by atoms with Crippen LogP contribution in [0.3, 0.4) is 0 Å². The van der Waals surface area contributed by atoms with Crippen molar-refractivity contribution in [3.05, 3.63) is 100 Å². The first-order valence-corrected chi connectivity index (χ1v) is 13.4. The Kier molecular flexibility index (Phi) is 7.46. The van der Waals surface area contributed by atoms with Gasteiger partial charge >= 0.3 is 0 Å². The predicted octanol–water partition coefficient (Wildman–Crippen LogP) is 6.68. The second kappa shape index (κ2) is 10.9. The molecular formula is C29H27F3N4OS. The Morgan fingerprint density at radius 3 is 2.47 bits per heavy atom. The molecule has 1 aromatic heterocycles. The van der Waals surface area contributed by atoms with Crippen molar-refractivity contribution < 1.29 is 18.0 Å². The van der Waals surface area contributed by atoms with Crippen LogP contribution in [-0.2, 0) is 13.1 Å². The van der Waals surface area contributed by atoms with Crippen LogP contribution >= 0.6 is 11.8 Å². The molecule has 2 heterocycles. The van der Waals surface area contributed by atoms with Crippen LogP contribution in [0.15, 0.2) is 65.7 Å². The van der Waals surface area contributed by atoms with Crippen molar-refractivity contribution in [2.24, 2.45) is 4.99 Å². The molecule has 9 heteroatoms. The number of amides is 1. The number of benzene rings is 3. The smallest absolute Gasteiger partial charge is 0.254 e. The fraction of sp³-hybridized carbons (Fsp3) is 0.241. The summed E-state index contributed by atoms with van der Waals surface area (Å²) in [4.78, 5) is 18.0. The summed E-state index contributed by atoms with van der Waals surface area (Å²) in [7, 11) is 0.